The Bertz CT molecular complexity index is 458. The van der Waals surface area contributed by atoms with Gasteiger partial charge in [-0.2, -0.15) is 0 Å². The summed E-state index contributed by atoms with van der Waals surface area (Å²) in [6.45, 7) is 12.0. The molecular formula is C17H27N3O2S. The number of carbonyl (C=O) groups is 1. The zero-order valence-electron chi connectivity index (χ0n) is 13.7. The Morgan fingerprint density at radius 2 is 2.26 bits per heavy atom. The second-order valence-corrected chi connectivity index (χ2v) is 6.69. The predicted octanol–water partition coefficient (Wildman–Crippen LogP) is 1.57. The highest BCUT2D eigenvalue weighted by Gasteiger charge is 2.13. The van der Waals surface area contributed by atoms with Crippen molar-refractivity contribution in [1.29, 1.82) is 0 Å². The molecule has 128 valence electrons. The largest absolute Gasteiger partial charge is 0.379 e. The van der Waals surface area contributed by atoms with Gasteiger partial charge in [0.15, 0.2) is 0 Å². The number of amides is 1. The van der Waals surface area contributed by atoms with Crippen LogP contribution in [0, 0.1) is 0 Å². The Kier molecular flexibility index (Phi) is 8.31. The van der Waals surface area contributed by atoms with Crippen LogP contribution in [0.4, 0.5) is 0 Å². The van der Waals surface area contributed by atoms with E-state index < -0.39 is 0 Å². The molecule has 1 saturated heterocycles. The molecule has 0 atom stereocenters. The van der Waals surface area contributed by atoms with Crippen molar-refractivity contribution in [3.63, 3.8) is 0 Å². The summed E-state index contributed by atoms with van der Waals surface area (Å²) in [4.78, 5) is 17.5. The monoisotopic (exact) mass is 337 g/mol. The highest BCUT2D eigenvalue weighted by molar-refractivity contribution is 7.09. The molecule has 1 fully saturated rings. The maximum absolute atomic E-state index is 11.2. The van der Waals surface area contributed by atoms with E-state index in [4.69, 9.17) is 4.74 Å². The van der Waals surface area contributed by atoms with Gasteiger partial charge in [0.25, 0.3) is 0 Å². The van der Waals surface area contributed by atoms with Crippen LogP contribution in [0.25, 0.3) is 0 Å². The predicted molar refractivity (Wildman–Crippen MR) is 94.7 cm³/mol. The molecule has 2 rings (SSSR count). The molecule has 1 amide bonds. The average Bonchev–Trinajstić information content (AvgIpc) is 3.10. The van der Waals surface area contributed by atoms with Crippen molar-refractivity contribution < 1.29 is 9.53 Å². The number of carbonyl (C=O) groups excluding carboxylic acids is 1. The fraction of sp³-hybridized carbons (Fsp3) is 0.588. The van der Waals surface area contributed by atoms with E-state index in [1.54, 1.807) is 11.3 Å². The molecule has 1 N–H and O–H groups in total. The van der Waals surface area contributed by atoms with Crippen molar-refractivity contribution in [3.05, 3.63) is 35.0 Å². The maximum atomic E-state index is 11.2. The molecule has 0 spiro atoms. The molecule has 0 aliphatic carbocycles. The van der Waals surface area contributed by atoms with Crippen LogP contribution < -0.4 is 5.32 Å². The van der Waals surface area contributed by atoms with Gasteiger partial charge in [0.2, 0.25) is 5.91 Å². The molecule has 0 unspecified atom stereocenters. The van der Waals surface area contributed by atoms with Crippen LogP contribution in [-0.2, 0) is 16.1 Å². The first-order chi connectivity index (χ1) is 11.3. The number of ether oxygens (including phenoxy) is 1. The lowest BCUT2D eigenvalue weighted by Gasteiger charge is -2.30. The number of morpholine rings is 1. The molecule has 1 aromatic rings. The van der Waals surface area contributed by atoms with Gasteiger partial charge in [0.05, 0.1) is 13.2 Å². The highest BCUT2D eigenvalue weighted by Crippen LogP contribution is 2.12. The Morgan fingerprint density at radius 3 is 2.96 bits per heavy atom. The zero-order valence-corrected chi connectivity index (χ0v) is 14.5. The minimum atomic E-state index is -0.0943. The molecule has 5 nitrogen and oxygen atoms in total. The van der Waals surface area contributed by atoms with Gasteiger partial charge in [-0.25, -0.2) is 0 Å². The second kappa shape index (κ2) is 10.5. The standard InChI is InChI=1S/C17H27N3O2S/c1-2-17(21)18-6-4-7-20(15-16-5-3-14-23-16)9-8-19-10-12-22-13-11-19/h2-3,5,14H,1,4,6-13,15H2,(H,18,21). The van der Waals surface area contributed by atoms with Gasteiger partial charge >= 0.3 is 0 Å². The molecule has 23 heavy (non-hydrogen) atoms. The summed E-state index contributed by atoms with van der Waals surface area (Å²) in [5, 5.41) is 4.97. The number of hydrogen-bond acceptors (Lipinski definition) is 5. The summed E-state index contributed by atoms with van der Waals surface area (Å²) in [6.07, 6.45) is 2.27. The minimum absolute atomic E-state index is 0.0943. The van der Waals surface area contributed by atoms with Gasteiger partial charge in [0, 0.05) is 50.7 Å². The average molecular weight is 337 g/mol. The van der Waals surface area contributed by atoms with E-state index in [0.717, 1.165) is 58.9 Å². The molecule has 0 radical (unpaired) electrons. The summed E-state index contributed by atoms with van der Waals surface area (Å²) in [6, 6.07) is 4.29. The van der Waals surface area contributed by atoms with Crippen LogP contribution in [0.2, 0.25) is 0 Å². The number of hydrogen-bond donors (Lipinski definition) is 1. The van der Waals surface area contributed by atoms with Crippen LogP contribution in [0.3, 0.4) is 0 Å². The van der Waals surface area contributed by atoms with Gasteiger partial charge in [-0.05, 0) is 23.9 Å². The molecule has 1 aliphatic rings. The SMILES string of the molecule is C=CC(=O)NCCCN(CCN1CCOCC1)Cc1cccs1. The van der Waals surface area contributed by atoms with E-state index in [2.05, 4.69) is 39.2 Å². The zero-order chi connectivity index (χ0) is 16.3. The molecular weight excluding hydrogens is 310 g/mol. The third-order valence-electron chi connectivity index (χ3n) is 3.93. The summed E-state index contributed by atoms with van der Waals surface area (Å²) in [7, 11) is 0. The minimum Gasteiger partial charge on any atom is -0.379 e. The number of thiophene rings is 1. The van der Waals surface area contributed by atoms with Crippen molar-refractivity contribution in [1.82, 2.24) is 15.1 Å². The van der Waals surface area contributed by atoms with E-state index >= 15 is 0 Å². The van der Waals surface area contributed by atoms with E-state index in [1.165, 1.54) is 11.0 Å². The van der Waals surface area contributed by atoms with Crippen molar-refractivity contribution in [2.45, 2.75) is 13.0 Å². The Morgan fingerprint density at radius 1 is 1.43 bits per heavy atom. The fourth-order valence-electron chi connectivity index (χ4n) is 2.59. The van der Waals surface area contributed by atoms with Gasteiger partial charge in [-0.3, -0.25) is 14.6 Å². The fourth-order valence-corrected chi connectivity index (χ4v) is 3.33. The molecule has 0 aromatic carbocycles. The van der Waals surface area contributed by atoms with Crippen LogP contribution in [0.5, 0.6) is 0 Å². The molecule has 1 aromatic heterocycles. The first-order valence-corrected chi connectivity index (χ1v) is 9.11. The summed E-state index contributed by atoms with van der Waals surface area (Å²) in [5.41, 5.74) is 0. The molecule has 0 bridgehead atoms. The number of nitrogens with zero attached hydrogens (tertiary/aromatic N) is 2. The smallest absolute Gasteiger partial charge is 0.243 e. The lowest BCUT2D eigenvalue weighted by atomic mass is 10.3. The second-order valence-electron chi connectivity index (χ2n) is 5.66. The third-order valence-corrected chi connectivity index (χ3v) is 4.79. The third kappa shape index (κ3) is 7.26. The summed E-state index contributed by atoms with van der Waals surface area (Å²) >= 11 is 1.80. The first-order valence-electron chi connectivity index (χ1n) is 8.23. The van der Waals surface area contributed by atoms with Gasteiger partial charge in [-0.1, -0.05) is 12.6 Å². The van der Waals surface area contributed by atoms with Crippen molar-refractivity contribution in [2.75, 3.05) is 52.5 Å². The van der Waals surface area contributed by atoms with E-state index in [-0.39, 0.29) is 5.91 Å². The lowest BCUT2D eigenvalue weighted by Crippen LogP contribution is -2.41. The Balaban J connectivity index is 1.74. The van der Waals surface area contributed by atoms with E-state index in [1.807, 2.05) is 0 Å². The van der Waals surface area contributed by atoms with Crippen LogP contribution in [0.15, 0.2) is 30.2 Å². The highest BCUT2D eigenvalue weighted by atomic mass is 32.1. The van der Waals surface area contributed by atoms with Gasteiger partial charge < -0.3 is 10.1 Å². The van der Waals surface area contributed by atoms with E-state index in [0.29, 0.717) is 6.54 Å². The number of nitrogens with one attached hydrogen (secondary N) is 1. The first kappa shape index (κ1) is 18.1. The Hall–Kier alpha value is -1.21. The molecule has 2 heterocycles. The van der Waals surface area contributed by atoms with Crippen molar-refractivity contribution in [3.8, 4) is 0 Å². The van der Waals surface area contributed by atoms with Gasteiger partial charge in [0.1, 0.15) is 0 Å². The van der Waals surface area contributed by atoms with Crippen molar-refractivity contribution in [2.24, 2.45) is 0 Å². The van der Waals surface area contributed by atoms with Crippen molar-refractivity contribution >= 4 is 17.2 Å². The van der Waals surface area contributed by atoms with Crippen LogP contribution in [-0.4, -0.2) is 68.2 Å². The maximum Gasteiger partial charge on any atom is 0.243 e. The summed E-state index contributed by atoms with van der Waals surface area (Å²) < 4.78 is 5.40. The Labute approximate surface area is 142 Å². The number of rotatable bonds is 10. The molecule has 6 heteroatoms. The van der Waals surface area contributed by atoms with E-state index in [9.17, 15) is 4.79 Å². The van der Waals surface area contributed by atoms with Crippen LogP contribution >= 0.6 is 11.3 Å². The molecule has 0 saturated carbocycles. The summed E-state index contributed by atoms with van der Waals surface area (Å²) in [5.74, 6) is -0.0943. The topological polar surface area (TPSA) is 44.8 Å². The molecule has 1 aliphatic heterocycles. The van der Waals surface area contributed by atoms with Crippen LogP contribution in [0.1, 0.15) is 11.3 Å². The normalized spacial score (nSPS) is 15.7. The van der Waals surface area contributed by atoms with Gasteiger partial charge in [-0.15, -0.1) is 11.3 Å². The lowest BCUT2D eigenvalue weighted by molar-refractivity contribution is -0.116. The quantitative estimate of drug-likeness (QED) is 0.520.